The van der Waals surface area contributed by atoms with Crippen LogP contribution in [0.1, 0.15) is 37.2 Å². The van der Waals surface area contributed by atoms with Crippen LogP contribution in [0.2, 0.25) is 0 Å². The van der Waals surface area contributed by atoms with Crippen molar-refractivity contribution >= 4 is 0 Å². The van der Waals surface area contributed by atoms with Crippen LogP contribution in [-0.2, 0) is 0 Å². The molecule has 0 bridgehead atoms. The average Bonchev–Trinajstić information content (AvgIpc) is 3.01. The largest absolute Gasteiger partial charge is 0.314 e. The second-order valence-electron chi connectivity index (χ2n) is 6.11. The maximum Gasteiger partial charge on any atom is 0.0108 e. The first-order valence-corrected chi connectivity index (χ1v) is 7.91. The van der Waals surface area contributed by atoms with Crippen molar-refractivity contribution in [2.45, 2.75) is 31.6 Å². The molecule has 1 aliphatic carbocycles. The molecule has 1 aromatic carbocycles. The van der Waals surface area contributed by atoms with E-state index in [4.69, 9.17) is 0 Å². The summed E-state index contributed by atoms with van der Waals surface area (Å²) in [6.45, 7) is 6.01. The van der Waals surface area contributed by atoms with E-state index in [0.29, 0.717) is 0 Å². The van der Waals surface area contributed by atoms with Gasteiger partial charge in [0.25, 0.3) is 0 Å². The first-order valence-electron chi connectivity index (χ1n) is 7.91. The van der Waals surface area contributed by atoms with Crippen LogP contribution in [0.3, 0.4) is 0 Å². The van der Waals surface area contributed by atoms with Crippen LogP contribution < -0.4 is 5.32 Å². The highest BCUT2D eigenvalue weighted by Gasteiger charge is 2.28. The Kier molecular flexibility index (Phi) is 4.52. The van der Waals surface area contributed by atoms with Gasteiger partial charge in [0.05, 0.1) is 0 Å². The van der Waals surface area contributed by atoms with E-state index in [1.54, 1.807) is 5.56 Å². The molecule has 2 heteroatoms. The minimum Gasteiger partial charge on any atom is -0.314 e. The Morgan fingerprint density at radius 2 is 1.74 bits per heavy atom. The van der Waals surface area contributed by atoms with Gasteiger partial charge in [-0.15, -0.1) is 0 Å². The monoisotopic (exact) mass is 258 g/mol. The van der Waals surface area contributed by atoms with Crippen LogP contribution in [0.5, 0.6) is 0 Å². The Hall–Kier alpha value is -0.860. The van der Waals surface area contributed by atoms with E-state index in [2.05, 4.69) is 40.5 Å². The molecule has 0 radical (unpaired) electrons. The number of hydrogen-bond donors (Lipinski definition) is 1. The molecule has 2 aliphatic rings. The van der Waals surface area contributed by atoms with Gasteiger partial charge in [-0.2, -0.15) is 0 Å². The predicted molar refractivity (Wildman–Crippen MR) is 80.5 cm³/mol. The number of rotatable bonds is 4. The highest BCUT2D eigenvalue weighted by atomic mass is 15.2. The molecule has 0 spiro atoms. The molecule has 2 nitrogen and oxygen atoms in total. The summed E-state index contributed by atoms with van der Waals surface area (Å²) in [5.74, 6) is 1.67. The highest BCUT2D eigenvalue weighted by Crippen LogP contribution is 2.37. The van der Waals surface area contributed by atoms with E-state index in [1.807, 2.05) is 0 Å². The molecule has 3 rings (SSSR count). The molecular formula is C17H26N2. The molecule has 1 saturated heterocycles. The van der Waals surface area contributed by atoms with Crippen molar-refractivity contribution in [2.75, 3.05) is 32.7 Å². The topological polar surface area (TPSA) is 15.3 Å². The van der Waals surface area contributed by atoms with Crippen molar-refractivity contribution < 1.29 is 0 Å². The number of hydrogen-bond acceptors (Lipinski definition) is 2. The Morgan fingerprint density at radius 3 is 2.42 bits per heavy atom. The van der Waals surface area contributed by atoms with Crippen molar-refractivity contribution in [2.24, 2.45) is 5.92 Å². The third-order valence-electron chi connectivity index (χ3n) is 4.86. The summed E-state index contributed by atoms with van der Waals surface area (Å²) >= 11 is 0. The minimum absolute atomic E-state index is 0.752. The fourth-order valence-electron chi connectivity index (χ4n) is 3.76. The lowest BCUT2D eigenvalue weighted by Gasteiger charge is -2.33. The van der Waals surface area contributed by atoms with E-state index in [9.17, 15) is 0 Å². The quantitative estimate of drug-likeness (QED) is 0.893. The SMILES string of the molecule is c1ccc(C(CN2CCNCC2)C2CCCC2)cc1. The Morgan fingerprint density at radius 1 is 1.05 bits per heavy atom. The van der Waals surface area contributed by atoms with Gasteiger partial charge in [0.2, 0.25) is 0 Å². The van der Waals surface area contributed by atoms with Gasteiger partial charge in [0, 0.05) is 32.7 Å². The standard InChI is InChI=1S/C17H26N2/c1-2-6-15(7-3-1)17(16-8-4-5-9-16)14-19-12-10-18-11-13-19/h1-3,6-7,16-18H,4-5,8-14H2. The lowest BCUT2D eigenvalue weighted by Crippen LogP contribution is -2.45. The summed E-state index contributed by atoms with van der Waals surface area (Å²) in [4.78, 5) is 2.66. The minimum atomic E-state index is 0.752. The number of piperazine rings is 1. The Balaban J connectivity index is 1.72. The highest BCUT2D eigenvalue weighted by molar-refractivity contribution is 5.21. The van der Waals surface area contributed by atoms with Gasteiger partial charge in [-0.3, -0.25) is 0 Å². The van der Waals surface area contributed by atoms with Crippen LogP contribution in [0, 0.1) is 5.92 Å². The van der Waals surface area contributed by atoms with Crippen LogP contribution in [-0.4, -0.2) is 37.6 Å². The molecule has 1 N–H and O–H groups in total. The summed E-state index contributed by atoms with van der Waals surface area (Å²) < 4.78 is 0. The average molecular weight is 258 g/mol. The van der Waals surface area contributed by atoms with Crippen LogP contribution in [0.4, 0.5) is 0 Å². The molecule has 1 atom stereocenters. The van der Waals surface area contributed by atoms with Crippen LogP contribution in [0.25, 0.3) is 0 Å². The lowest BCUT2D eigenvalue weighted by atomic mass is 9.84. The normalized spacial score (nSPS) is 23.6. The van der Waals surface area contributed by atoms with Crippen molar-refractivity contribution in [3.05, 3.63) is 35.9 Å². The van der Waals surface area contributed by atoms with Crippen LogP contribution in [0.15, 0.2) is 30.3 Å². The van der Waals surface area contributed by atoms with E-state index < -0.39 is 0 Å². The molecule has 1 unspecified atom stereocenters. The number of nitrogens with one attached hydrogen (secondary N) is 1. The molecule has 0 amide bonds. The molecule has 1 saturated carbocycles. The van der Waals surface area contributed by atoms with E-state index in [1.165, 1.54) is 45.3 Å². The zero-order chi connectivity index (χ0) is 12.9. The van der Waals surface area contributed by atoms with Gasteiger partial charge in [-0.1, -0.05) is 43.2 Å². The van der Waals surface area contributed by atoms with Crippen LogP contribution >= 0.6 is 0 Å². The van der Waals surface area contributed by atoms with E-state index in [0.717, 1.165) is 24.9 Å². The molecule has 19 heavy (non-hydrogen) atoms. The molecule has 2 fully saturated rings. The molecule has 1 aromatic rings. The van der Waals surface area contributed by atoms with Gasteiger partial charge in [-0.25, -0.2) is 0 Å². The van der Waals surface area contributed by atoms with Gasteiger partial charge >= 0.3 is 0 Å². The third kappa shape index (κ3) is 3.37. The second-order valence-corrected chi connectivity index (χ2v) is 6.11. The fraction of sp³-hybridized carbons (Fsp3) is 0.647. The molecule has 0 aromatic heterocycles. The fourth-order valence-corrected chi connectivity index (χ4v) is 3.76. The lowest BCUT2D eigenvalue weighted by molar-refractivity contribution is 0.205. The maximum atomic E-state index is 3.46. The first-order chi connectivity index (χ1) is 9.43. The van der Waals surface area contributed by atoms with E-state index >= 15 is 0 Å². The van der Waals surface area contributed by atoms with Crippen molar-refractivity contribution in [3.63, 3.8) is 0 Å². The summed E-state index contributed by atoms with van der Waals surface area (Å²) in [6.07, 6.45) is 5.75. The zero-order valence-corrected chi connectivity index (χ0v) is 11.9. The second kappa shape index (κ2) is 6.53. The Labute approximate surface area is 117 Å². The molecule has 1 aliphatic heterocycles. The van der Waals surface area contributed by atoms with E-state index in [-0.39, 0.29) is 0 Å². The number of benzene rings is 1. The van der Waals surface area contributed by atoms with Gasteiger partial charge in [0.1, 0.15) is 0 Å². The zero-order valence-electron chi connectivity index (χ0n) is 11.9. The van der Waals surface area contributed by atoms with Gasteiger partial charge < -0.3 is 10.2 Å². The van der Waals surface area contributed by atoms with Crippen molar-refractivity contribution in [3.8, 4) is 0 Å². The summed E-state index contributed by atoms with van der Waals surface area (Å²) in [5.41, 5.74) is 1.56. The molecular weight excluding hydrogens is 232 g/mol. The van der Waals surface area contributed by atoms with Gasteiger partial charge in [-0.05, 0) is 30.2 Å². The smallest absolute Gasteiger partial charge is 0.0108 e. The molecule has 1 heterocycles. The predicted octanol–water partition coefficient (Wildman–Crippen LogP) is 2.87. The first kappa shape index (κ1) is 13.1. The maximum absolute atomic E-state index is 3.46. The third-order valence-corrected chi connectivity index (χ3v) is 4.86. The summed E-state index contributed by atoms with van der Waals surface area (Å²) in [6, 6.07) is 11.2. The summed E-state index contributed by atoms with van der Waals surface area (Å²) in [7, 11) is 0. The van der Waals surface area contributed by atoms with Crippen molar-refractivity contribution in [1.82, 2.24) is 10.2 Å². The number of nitrogens with zero attached hydrogens (tertiary/aromatic N) is 1. The Bertz CT molecular complexity index is 364. The molecule has 104 valence electrons. The summed E-state index contributed by atoms with van der Waals surface area (Å²) in [5, 5.41) is 3.46. The van der Waals surface area contributed by atoms with Crippen molar-refractivity contribution in [1.29, 1.82) is 0 Å². The van der Waals surface area contributed by atoms with Gasteiger partial charge in [0.15, 0.2) is 0 Å².